The fourth-order valence-corrected chi connectivity index (χ4v) is 3.38. The van der Waals surface area contributed by atoms with Crippen LogP contribution in [0.2, 0.25) is 0 Å². The van der Waals surface area contributed by atoms with E-state index in [9.17, 15) is 4.79 Å². The van der Waals surface area contributed by atoms with Crippen molar-refractivity contribution in [1.82, 2.24) is 4.90 Å². The molecule has 2 aliphatic rings. The molecule has 2 nitrogen and oxygen atoms in total. The average Bonchev–Trinajstić information content (AvgIpc) is 2.90. The third-order valence-electron chi connectivity index (χ3n) is 4.26. The van der Waals surface area contributed by atoms with Crippen LogP contribution in [0.1, 0.15) is 29.6 Å². The Morgan fingerprint density at radius 3 is 2.41 bits per heavy atom. The molecular weight excluding hydrogens is 210 g/mol. The van der Waals surface area contributed by atoms with Gasteiger partial charge in [-0.3, -0.25) is 9.69 Å². The molecule has 2 atom stereocenters. The fraction of sp³-hybridized carbons (Fsp3) is 0.533. The molecule has 2 fully saturated rings. The van der Waals surface area contributed by atoms with E-state index in [0.29, 0.717) is 6.54 Å². The van der Waals surface area contributed by atoms with Crippen molar-refractivity contribution in [2.24, 2.45) is 11.8 Å². The molecule has 3 rings (SSSR count). The highest BCUT2D eigenvalue weighted by atomic mass is 16.1. The summed E-state index contributed by atoms with van der Waals surface area (Å²) in [5.41, 5.74) is 0.851. The third-order valence-corrected chi connectivity index (χ3v) is 4.26. The van der Waals surface area contributed by atoms with Gasteiger partial charge in [-0.15, -0.1) is 0 Å². The number of Topliss-reactive ketones (excluding diaryl/α,β-unsaturated/α-hetero) is 1. The summed E-state index contributed by atoms with van der Waals surface area (Å²) < 4.78 is 0. The quantitative estimate of drug-likeness (QED) is 0.743. The molecule has 17 heavy (non-hydrogen) atoms. The number of nitrogens with zero attached hydrogens (tertiary/aromatic N) is 1. The Kier molecular flexibility index (Phi) is 2.98. The van der Waals surface area contributed by atoms with Crippen LogP contribution in [-0.4, -0.2) is 30.3 Å². The molecule has 1 aromatic carbocycles. The zero-order chi connectivity index (χ0) is 11.7. The topological polar surface area (TPSA) is 20.3 Å². The van der Waals surface area contributed by atoms with Gasteiger partial charge in [0.1, 0.15) is 0 Å². The molecular formula is C15H19NO. The van der Waals surface area contributed by atoms with Gasteiger partial charge in [0.15, 0.2) is 5.78 Å². The highest BCUT2D eigenvalue weighted by molar-refractivity contribution is 5.97. The Morgan fingerprint density at radius 1 is 1.12 bits per heavy atom. The molecule has 1 aliphatic carbocycles. The zero-order valence-corrected chi connectivity index (χ0v) is 10.1. The number of benzene rings is 1. The van der Waals surface area contributed by atoms with Crippen molar-refractivity contribution in [3.05, 3.63) is 35.9 Å². The monoisotopic (exact) mass is 229 g/mol. The predicted molar refractivity (Wildman–Crippen MR) is 68.0 cm³/mol. The van der Waals surface area contributed by atoms with E-state index in [0.717, 1.165) is 30.5 Å². The van der Waals surface area contributed by atoms with Crippen LogP contribution < -0.4 is 0 Å². The number of rotatable bonds is 3. The molecule has 0 bridgehead atoms. The van der Waals surface area contributed by atoms with E-state index in [1.54, 1.807) is 0 Å². The standard InChI is InChI=1S/C15H19NO/c17-15(12-5-2-1-3-6-12)11-16-9-13-7-4-8-14(13)10-16/h1-3,5-6,13-14H,4,7-11H2. The summed E-state index contributed by atoms with van der Waals surface area (Å²) in [6.45, 7) is 2.89. The number of likely N-dealkylation sites (tertiary alicyclic amines) is 1. The molecule has 1 aliphatic heterocycles. The highest BCUT2D eigenvalue weighted by Gasteiger charge is 2.36. The molecule has 1 heterocycles. The maximum Gasteiger partial charge on any atom is 0.176 e. The van der Waals surface area contributed by atoms with Crippen LogP contribution in [0.4, 0.5) is 0 Å². The largest absolute Gasteiger partial charge is 0.295 e. The van der Waals surface area contributed by atoms with Gasteiger partial charge in [0.2, 0.25) is 0 Å². The first-order valence-electron chi connectivity index (χ1n) is 6.63. The average molecular weight is 229 g/mol. The molecule has 1 aromatic rings. The zero-order valence-electron chi connectivity index (χ0n) is 10.1. The maximum absolute atomic E-state index is 12.1. The summed E-state index contributed by atoms with van der Waals surface area (Å²) in [4.78, 5) is 14.4. The molecule has 0 radical (unpaired) electrons. The summed E-state index contributed by atoms with van der Waals surface area (Å²) in [6, 6.07) is 9.66. The van der Waals surface area contributed by atoms with Gasteiger partial charge >= 0.3 is 0 Å². The Morgan fingerprint density at radius 2 is 1.76 bits per heavy atom. The number of ketones is 1. The molecule has 2 unspecified atom stereocenters. The second kappa shape index (κ2) is 4.61. The first-order chi connectivity index (χ1) is 8.33. The van der Waals surface area contributed by atoms with E-state index in [1.807, 2.05) is 30.3 Å². The van der Waals surface area contributed by atoms with Gasteiger partial charge in [0.05, 0.1) is 6.54 Å². The van der Waals surface area contributed by atoms with E-state index in [4.69, 9.17) is 0 Å². The van der Waals surface area contributed by atoms with Crippen LogP contribution in [0.5, 0.6) is 0 Å². The molecule has 0 amide bonds. The van der Waals surface area contributed by atoms with E-state index in [2.05, 4.69) is 4.90 Å². The number of carbonyl (C=O) groups is 1. The Hall–Kier alpha value is -1.15. The molecule has 0 N–H and O–H groups in total. The van der Waals surface area contributed by atoms with Crippen LogP contribution in [0.25, 0.3) is 0 Å². The summed E-state index contributed by atoms with van der Waals surface area (Å²) in [7, 11) is 0. The molecule has 2 heteroatoms. The summed E-state index contributed by atoms with van der Waals surface area (Å²) in [6.07, 6.45) is 4.15. The lowest BCUT2D eigenvalue weighted by Crippen LogP contribution is -2.28. The minimum Gasteiger partial charge on any atom is -0.295 e. The lowest BCUT2D eigenvalue weighted by atomic mass is 10.0. The van der Waals surface area contributed by atoms with E-state index in [1.165, 1.54) is 19.3 Å². The van der Waals surface area contributed by atoms with Crippen molar-refractivity contribution < 1.29 is 4.79 Å². The second-order valence-electron chi connectivity index (χ2n) is 5.43. The lowest BCUT2D eigenvalue weighted by Gasteiger charge is -2.15. The fourth-order valence-electron chi connectivity index (χ4n) is 3.38. The Bertz CT molecular complexity index is 389. The minimum absolute atomic E-state index is 0.269. The summed E-state index contributed by atoms with van der Waals surface area (Å²) in [5, 5.41) is 0. The van der Waals surface area contributed by atoms with Crippen LogP contribution in [-0.2, 0) is 0 Å². The van der Waals surface area contributed by atoms with Gasteiger partial charge in [-0.25, -0.2) is 0 Å². The van der Waals surface area contributed by atoms with E-state index < -0.39 is 0 Å². The SMILES string of the molecule is O=C(CN1CC2CCCC2C1)c1ccccc1. The summed E-state index contributed by atoms with van der Waals surface area (Å²) in [5.74, 6) is 2.02. The third kappa shape index (κ3) is 2.27. The van der Waals surface area contributed by atoms with Gasteiger partial charge < -0.3 is 0 Å². The van der Waals surface area contributed by atoms with Crippen LogP contribution in [0.15, 0.2) is 30.3 Å². The molecule has 0 aromatic heterocycles. The van der Waals surface area contributed by atoms with Gasteiger partial charge in [-0.05, 0) is 24.7 Å². The van der Waals surface area contributed by atoms with Crippen molar-refractivity contribution in [2.75, 3.05) is 19.6 Å². The van der Waals surface area contributed by atoms with E-state index in [-0.39, 0.29) is 5.78 Å². The number of carbonyl (C=O) groups excluding carboxylic acids is 1. The highest BCUT2D eigenvalue weighted by Crippen LogP contribution is 2.37. The van der Waals surface area contributed by atoms with Crippen LogP contribution >= 0.6 is 0 Å². The second-order valence-corrected chi connectivity index (χ2v) is 5.43. The Balaban J connectivity index is 1.60. The van der Waals surface area contributed by atoms with Crippen molar-refractivity contribution in [3.63, 3.8) is 0 Å². The number of fused-ring (bicyclic) bond motifs is 1. The van der Waals surface area contributed by atoms with Crippen molar-refractivity contribution >= 4 is 5.78 Å². The first kappa shape index (κ1) is 11.0. The molecule has 1 saturated carbocycles. The van der Waals surface area contributed by atoms with Gasteiger partial charge in [0, 0.05) is 18.7 Å². The predicted octanol–water partition coefficient (Wildman–Crippen LogP) is 2.60. The molecule has 90 valence electrons. The Labute approximate surface area is 103 Å². The smallest absolute Gasteiger partial charge is 0.176 e. The first-order valence-corrected chi connectivity index (χ1v) is 6.63. The van der Waals surface area contributed by atoms with Gasteiger partial charge in [0.25, 0.3) is 0 Å². The molecule has 1 saturated heterocycles. The number of hydrogen-bond acceptors (Lipinski definition) is 2. The van der Waals surface area contributed by atoms with Crippen molar-refractivity contribution in [3.8, 4) is 0 Å². The lowest BCUT2D eigenvalue weighted by molar-refractivity contribution is 0.0941. The normalized spacial score (nSPS) is 28.2. The van der Waals surface area contributed by atoms with Crippen LogP contribution in [0.3, 0.4) is 0 Å². The van der Waals surface area contributed by atoms with Crippen molar-refractivity contribution in [1.29, 1.82) is 0 Å². The maximum atomic E-state index is 12.1. The van der Waals surface area contributed by atoms with Crippen LogP contribution in [0, 0.1) is 11.8 Å². The van der Waals surface area contributed by atoms with Gasteiger partial charge in [-0.1, -0.05) is 36.8 Å². The van der Waals surface area contributed by atoms with E-state index >= 15 is 0 Å². The molecule has 0 spiro atoms. The number of hydrogen-bond donors (Lipinski definition) is 0. The van der Waals surface area contributed by atoms with Gasteiger partial charge in [-0.2, -0.15) is 0 Å². The summed E-state index contributed by atoms with van der Waals surface area (Å²) >= 11 is 0. The minimum atomic E-state index is 0.269. The van der Waals surface area contributed by atoms with Crippen molar-refractivity contribution in [2.45, 2.75) is 19.3 Å².